The molecule has 0 radical (unpaired) electrons. The maximum atomic E-state index is 10.7. The maximum Gasteiger partial charge on any atom is 0.320 e. The first-order chi connectivity index (χ1) is 12.4. The fourth-order valence-corrected chi connectivity index (χ4v) is 3.78. The van der Waals surface area contributed by atoms with Crippen LogP contribution in [0.3, 0.4) is 0 Å². The lowest BCUT2D eigenvalue weighted by atomic mass is 10.1. The molecule has 0 unspecified atom stereocenters. The van der Waals surface area contributed by atoms with Crippen molar-refractivity contribution in [3.8, 4) is 0 Å². The van der Waals surface area contributed by atoms with Crippen molar-refractivity contribution in [2.45, 2.75) is 37.0 Å². The lowest BCUT2D eigenvalue weighted by Gasteiger charge is -2.16. The van der Waals surface area contributed by atoms with Crippen molar-refractivity contribution >= 4 is 34.7 Å². The number of anilines is 1. The number of nitrogens with zero attached hydrogens (tertiary/aromatic N) is 4. The fourth-order valence-electron chi connectivity index (χ4n) is 2.69. The molecule has 1 saturated heterocycles. The molecule has 3 rings (SSSR count). The third-order valence-electron chi connectivity index (χ3n) is 4.17. The van der Waals surface area contributed by atoms with Gasteiger partial charge in [0.05, 0.1) is 12.4 Å². The molecule has 2 aromatic heterocycles. The quantitative estimate of drug-likeness (QED) is 0.352. The summed E-state index contributed by atoms with van der Waals surface area (Å²) in [6.07, 6.45) is -0.747. The Hall–Kier alpha value is -1.99. The minimum atomic E-state index is -1.17. The number of carboxylic acid groups (broad SMARTS) is 1. The highest BCUT2D eigenvalue weighted by Crippen LogP contribution is 2.33. The second-order valence-corrected chi connectivity index (χ2v) is 7.09. The monoisotopic (exact) mass is 384 g/mol. The molecular weight excluding hydrogens is 364 g/mol. The van der Waals surface area contributed by atoms with Gasteiger partial charge in [-0.3, -0.25) is 9.36 Å². The number of aromatic nitrogens is 4. The van der Waals surface area contributed by atoms with Gasteiger partial charge in [-0.2, -0.15) is 11.8 Å². The number of aliphatic carboxylic acids is 1. The molecule has 7 N–H and O–H groups in total. The number of imidazole rings is 1. The van der Waals surface area contributed by atoms with Gasteiger partial charge >= 0.3 is 5.97 Å². The standard InChI is InChI=1S/C14H20N6O5S/c15-6(14(23)24)1-2-26-3-7-9(21)10(22)13(25-7)20-5-19-8-11(16)17-4-18-12(8)20/h4-7,9-10,13,21-22H,1-3,15H2,(H,23,24)(H2,16,17,18)/t6-,7+,9-,10-,13+/m1/s1. The molecule has 0 saturated carbocycles. The number of carboxylic acids is 1. The number of fused-ring (bicyclic) bond motifs is 1. The Labute approximate surface area is 152 Å². The van der Waals surface area contributed by atoms with Gasteiger partial charge in [-0.15, -0.1) is 0 Å². The third kappa shape index (κ3) is 3.59. The summed E-state index contributed by atoms with van der Waals surface area (Å²) < 4.78 is 7.29. The summed E-state index contributed by atoms with van der Waals surface area (Å²) in [6.45, 7) is 0. The highest BCUT2D eigenvalue weighted by molar-refractivity contribution is 7.99. The van der Waals surface area contributed by atoms with Gasteiger partial charge in [0, 0.05) is 5.75 Å². The van der Waals surface area contributed by atoms with Crippen LogP contribution in [0.2, 0.25) is 0 Å². The first-order valence-corrected chi connectivity index (χ1v) is 9.06. The Balaban J connectivity index is 1.64. The Bertz CT molecular complexity index is 788. The zero-order valence-electron chi connectivity index (χ0n) is 13.7. The van der Waals surface area contributed by atoms with Gasteiger partial charge in [-0.1, -0.05) is 0 Å². The third-order valence-corrected chi connectivity index (χ3v) is 5.26. The van der Waals surface area contributed by atoms with E-state index in [4.69, 9.17) is 21.3 Å². The Morgan fingerprint density at radius 2 is 2.12 bits per heavy atom. The minimum absolute atomic E-state index is 0.212. The van der Waals surface area contributed by atoms with Crippen molar-refractivity contribution < 1.29 is 24.9 Å². The predicted molar refractivity (Wildman–Crippen MR) is 93.2 cm³/mol. The van der Waals surface area contributed by atoms with Crippen LogP contribution < -0.4 is 11.5 Å². The fraction of sp³-hybridized carbons (Fsp3) is 0.571. The van der Waals surface area contributed by atoms with Crippen LogP contribution in [-0.2, 0) is 9.53 Å². The lowest BCUT2D eigenvalue weighted by molar-refractivity contribution is -0.138. The highest BCUT2D eigenvalue weighted by Gasteiger charge is 2.44. The van der Waals surface area contributed by atoms with Crippen LogP contribution >= 0.6 is 11.8 Å². The van der Waals surface area contributed by atoms with Gasteiger partial charge in [0.25, 0.3) is 0 Å². The Morgan fingerprint density at radius 1 is 1.35 bits per heavy atom. The average Bonchev–Trinajstić information content (AvgIpc) is 3.15. The van der Waals surface area contributed by atoms with Crippen LogP contribution in [0.25, 0.3) is 11.2 Å². The number of hydrogen-bond acceptors (Lipinski definition) is 10. The molecule has 5 atom stereocenters. The molecule has 12 heteroatoms. The van der Waals surface area contributed by atoms with Crippen LogP contribution in [0.5, 0.6) is 0 Å². The number of hydrogen-bond donors (Lipinski definition) is 5. The predicted octanol–water partition coefficient (Wildman–Crippen LogP) is -1.44. The van der Waals surface area contributed by atoms with Crippen molar-refractivity contribution in [3.05, 3.63) is 12.7 Å². The molecule has 0 aliphatic carbocycles. The van der Waals surface area contributed by atoms with E-state index >= 15 is 0 Å². The zero-order chi connectivity index (χ0) is 18.8. The summed E-state index contributed by atoms with van der Waals surface area (Å²) >= 11 is 1.40. The summed E-state index contributed by atoms with van der Waals surface area (Å²) in [7, 11) is 0. The number of thioether (sulfide) groups is 1. The van der Waals surface area contributed by atoms with E-state index in [-0.39, 0.29) is 5.82 Å². The molecule has 1 aliphatic heterocycles. The maximum absolute atomic E-state index is 10.7. The van der Waals surface area contributed by atoms with Crippen molar-refractivity contribution in [1.29, 1.82) is 0 Å². The number of aliphatic hydroxyl groups is 2. The molecular formula is C14H20N6O5S. The van der Waals surface area contributed by atoms with Crippen molar-refractivity contribution in [2.75, 3.05) is 17.2 Å². The Morgan fingerprint density at radius 3 is 2.85 bits per heavy atom. The number of nitrogens with two attached hydrogens (primary N) is 2. The van der Waals surface area contributed by atoms with Crippen LogP contribution in [0.15, 0.2) is 12.7 Å². The van der Waals surface area contributed by atoms with Crippen LogP contribution in [-0.4, -0.2) is 76.7 Å². The molecule has 2 aromatic rings. The summed E-state index contributed by atoms with van der Waals surface area (Å²) in [6, 6.07) is -0.919. The summed E-state index contributed by atoms with van der Waals surface area (Å²) in [5, 5.41) is 29.3. The number of aliphatic hydroxyl groups excluding tert-OH is 2. The number of carbonyl (C=O) groups is 1. The normalized spacial score (nSPS) is 27.0. The van der Waals surface area contributed by atoms with Crippen LogP contribution in [0, 0.1) is 0 Å². The topological polar surface area (TPSA) is 183 Å². The molecule has 0 spiro atoms. The van der Waals surface area contributed by atoms with Gasteiger partial charge in [0.15, 0.2) is 17.7 Å². The van der Waals surface area contributed by atoms with Gasteiger partial charge in [0.1, 0.15) is 30.1 Å². The molecule has 0 aromatic carbocycles. The van der Waals surface area contributed by atoms with Crippen molar-refractivity contribution in [3.63, 3.8) is 0 Å². The average molecular weight is 384 g/mol. The lowest BCUT2D eigenvalue weighted by Crippen LogP contribution is -2.33. The summed E-state index contributed by atoms with van der Waals surface area (Å²) in [4.78, 5) is 22.8. The molecule has 1 aliphatic rings. The summed E-state index contributed by atoms with van der Waals surface area (Å²) in [5.41, 5.74) is 12.0. The highest BCUT2D eigenvalue weighted by atomic mass is 32.2. The molecule has 1 fully saturated rings. The molecule has 11 nitrogen and oxygen atoms in total. The second kappa shape index (κ2) is 7.72. The van der Waals surface area contributed by atoms with E-state index in [1.807, 2.05) is 0 Å². The first kappa shape index (κ1) is 18.8. The van der Waals surface area contributed by atoms with Crippen LogP contribution in [0.1, 0.15) is 12.6 Å². The van der Waals surface area contributed by atoms with Crippen molar-refractivity contribution in [1.82, 2.24) is 19.5 Å². The van der Waals surface area contributed by atoms with E-state index in [1.165, 1.54) is 29.0 Å². The molecule has 142 valence electrons. The smallest absolute Gasteiger partial charge is 0.320 e. The number of ether oxygens (including phenoxy) is 1. The van der Waals surface area contributed by atoms with E-state index in [2.05, 4.69) is 15.0 Å². The molecule has 26 heavy (non-hydrogen) atoms. The number of nitrogen functional groups attached to an aromatic ring is 1. The molecule has 0 bridgehead atoms. The molecule has 0 amide bonds. The van der Waals surface area contributed by atoms with Gasteiger partial charge in [0.2, 0.25) is 0 Å². The van der Waals surface area contributed by atoms with E-state index in [0.717, 1.165) is 0 Å². The van der Waals surface area contributed by atoms with Crippen molar-refractivity contribution in [2.24, 2.45) is 5.73 Å². The minimum Gasteiger partial charge on any atom is -0.480 e. The second-order valence-electron chi connectivity index (χ2n) is 5.94. The Kier molecular flexibility index (Phi) is 5.58. The van der Waals surface area contributed by atoms with Crippen LogP contribution in [0.4, 0.5) is 5.82 Å². The van der Waals surface area contributed by atoms with E-state index in [1.54, 1.807) is 0 Å². The van der Waals surface area contributed by atoms with Gasteiger partial charge in [-0.25, -0.2) is 15.0 Å². The number of rotatable bonds is 7. The van der Waals surface area contributed by atoms with E-state index < -0.39 is 36.6 Å². The summed E-state index contributed by atoms with van der Waals surface area (Å²) in [5.74, 6) is 0.0405. The van der Waals surface area contributed by atoms with E-state index in [9.17, 15) is 15.0 Å². The largest absolute Gasteiger partial charge is 0.480 e. The van der Waals surface area contributed by atoms with E-state index in [0.29, 0.717) is 29.1 Å². The van der Waals surface area contributed by atoms with Gasteiger partial charge in [-0.05, 0) is 12.2 Å². The molecule has 3 heterocycles. The first-order valence-electron chi connectivity index (χ1n) is 7.91. The van der Waals surface area contributed by atoms with Gasteiger partial charge < -0.3 is 31.5 Å². The SMILES string of the molecule is Nc1ncnc2c1ncn2[C@H]1O[C@@H](CSCC[C@@H](N)C(=O)O)[C@@H](O)[C@H]1O. The zero-order valence-corrected chi connectivity index (χ0v) is 14.5.